The second-order valence-electron chi connectivity index (χ2n) is 6.19. The molecule has 4 aromatic rings. The van der Waals surface area contributed by atoms with E-state index in [1.54, 1.807) is 17.3 Å². The second kappa shape index (κ2) is 9.26. The van der Waals surface area contributed by atoms with Gasteiger partial charge in [-0.15, -0.1) is 11.8 Å². The molecule has 29 heavy (non-hydrogen) atoms. The number of thioether (sulfide) groups is 1. The van der Waals surface area contributed by atoms with Crippen molar-refractivity contribution in [3.63, 3.8) is 0 Å². The van der Waals surface area contributed by atoms with Gasteiger partial charge in [-0.05, 0) is 54.1 Å². The van der Waals surface area contributed by atoms with Gasteiger partial charge >= 0.3 is 0 Å². The molecule has 0 bridgehead atoms. The quantitative estimate of drug-likeness (QED) is 0.284. The van der Waals surface area contributed by atoms with Gasteiger partial charge in [-0.25, -0.2) is 4.98 Å². The second-order valence-corrected chi connectivity index (χ2v) is 9.60. The Morgan fingerprint density at radius 3 is 2.76 bits per heavy atom. The van der Waals surface area contributed by atoms with Crippen LogP contribution in [0.5, 0.6) is 0 Å². The third kappa shape index (κ3) is 5.17. The van der Waals surface area contributed by atoms with Crippen LogP contribution in [-0.4, -0.2) is 21.6 Å². The number of pyridine rings is 1. The maximum atomic E-state index is 13.1. The Kier molecular flexibility index (Phi) is 6.50. The first-order valence-electron chi connectivity index (χ1n) is 8.72. The highest BCUT2D eigenvalue weighted by atomic mass is 79.9. The number of amides is 1. The maximum Gasteiger partial charge on any atom is 0.239 e. The molecule has 0 aliphatic rings. The molecule has 2 aromatic carbocycles. The molecule has 0 radical (unpaired) electrons. The van der Waals surface area contributed by atoms with E-state index in [-0.39, 0.29) is 5.91 Å². The molecule has 0 unspecified atom stereocenters. The van der Waals surface area contributed by atoms with E-state index in [0.29, 0.717) is 22.5 Å². The molecule has 0 saturated heterocycles. The summed E-state index contributed by atoms with van der Waals surface area (Å²) < 4.78 is 2.02. The van der Waals surface area contributed by atoms with Crippen molar-refractivity contribution in [2.24, 2.45) is 0 Å². The molecule has 2 heterocycles. The number of benzene rings is 2. The van der Waals surface area contributed by atoms with Crippen molar-refractivity contribution < 1.29 is 4.79 Å². The first-order chi connectivity index (χ1) is 14.1. The van der Waals surface area contributed by atoms with E-state index >= 15 is 0 Å². The number of thiazole rings is 1. The van der Waals surface area contributed by atoms with Crippen molar-refractivity contribution >= 4 is 71.9 Å². The summed E-state index contributed by atoms with van der Waals surface area (Å²) in [5, 5.41) is 1.36. The summed E-state index contributed by atoms with van der Waals surface area (Å²) in [6.07, 6.45) is 3.50. The summed E-state index contributed by atoms with van der Waals surface area (Å²) in [6.45, 7) is 0.425. The molecule has 1 amide bonds. The normalized spacial score (nSPS) is 11.0. The van der Waals surface area contributed by atoms with E-state index in [2.05, 4.69) is 20.9 Å². The lowest BCUT2D eigenvalue weighted by Crippen LogP contribution is -2.31. The molecule has 4 rings (SSSR count). The molecule has 2 aromatic heterocycles. The number of aromatic nitrogens is 2. The molecule has 0 fully saturated rings. The molecule has 0 saturated carbocycles. The minimum absolute atomic E-state index is 0.00748. The highest BCUT2D eigenvalue weighted by Crippen LogP contribution is 2.32. The van der Waals surface area contributed by atoms with Crippen LogP contribution in [0.2, 0.25) is 5.02 Å². The van der Waals surface area contributed by atoms with Gasteiger partial charge in [0.1, 0.15) is 0 Å². The van der Waals surface area contributed by atoms with E-state index in [1.165, 1.54) is 23.1 Å². The highest BCUT2D eigenvalue weighted by Gasteiger charge is 2.20. The van der Waals surface area contributed by atoms with E-state index in [9.17, 15) is 4.79 Å². The number of rotatable bonds is 6. The summed E-state index contributed by atoms with van der Waals surface area (Å²) >= 11 is 12.4. The van der Waals surface area contributed by atoms with Crippen LogP contribution in [0.3, 0.4) is 0 Å². The number of halogens is 2. The van der Waals surface area contributed by atoms with E-state index in [4.69, 9.17) is 16.6 Å². The number of hydrogen-bond acceptors (Lipinski definition) is 5. The Balaban J connectivity index is 1.59. The Morgan fingerprint density at radius 2 is 2.00 bits per heavy atom. The number of hydrogen-bond donors (Lipinski definition) is 0. The van der Waals surface area contributed by atoms with Crippen molar-refractivity contribution in [1.29, 1.82) is 0 Å². The number of anilines is 1. The average Bonchev–Trinajstić information content (AvgIpc) is 3.15. The number of carbonyl (C=O) groups excluding carboxylic acids is 1. The maximum absolute atomic E-state index is 13.1. The van der Waals surface area contributed by atoms with Gasteiger partial charge in [0.15, 0.2) is 5.13 Å². The van der Waals surface area contributed by atoms with Crippen LogP contribution in [0, 0.1) is 0 Å². The minimum Gasteiger partial charge on any atom is -0.283 e. The fourth-order valence-electron chi connectivity index (χ4n) is 2.69. The molecule has 0 aliphatic carbocycles. The molecule has 0 aliphatic heterocycles. The zero-order valence-electron chi connectivity index (χ0n) is 15.1. The highest BCUT2D eigenvalue weighted by molar-refractivity contribution is 9.10. The fourth-order valence-corrected chi connectivity index (χ4v) is 5.13. The van der Waals surface area contributed by atoms with Crippen molar-refractivity contribution in [3.8, 4) is 0 Å². The van der Waals surface area contributed by atoms with Crippen molar-refractivity contribution in [2.75, 3.05) is 10.7 Å². The summed E-state index contributed by atoms with van der Waals surface area (Å²) in [7, 11) is 0. The minimum atomic E-state index is -0.00748. The van der Waals surface area contributed by atoms with Gasteiger partial charge in [0.05, 0.1) is 22.5 Å². The number of nitrogens with zero attached hydrogens (tertiary/aromatic N) is 3. The van der Waals surface area contributed by atoms with Crippen LogP contribution in [0.15, 0.2) is 76.4 Å². The first kappa shape index (κ1) is 20.3. The Bertz CT molecular complexity index is 1140. The summed E-state index contributed by atoms with van der Waals surface area (Å²) in [6, 6.07) is 17.2. The zero-order valence-corrected chi connectivity index (χ0v) is 19.1. The van der Waals surface area contributed by atoms with Gasteiger partial charge in [-0.1, -0.05) is 44.9 Å². The standard InChI is InChI=1S/C21H15BrClN3OS2/c22-15-3-8-18-19(10-15)29-21(25-18)26(12-14-2-1-9-24-11-14)20(27)13-28-17-6-4-16(23)5-7-17/h1-11H,12-13H2. The molecule has 0 N–H and O–H groups in total. The van der Waals surface area contributed by atoms with E-state index in [1.807, 2.05) is 54.6 Å². The van der Waals surface area contributed by atoms with Crippen LogP contribution in [-0.2, 0) is 11.3 Å². The van der Waals surface area contributed by atoms with Crippen molar-refractivity contribution in [2.45, 2.75) is 11.4 Å². The number of fused-ring (bicyclic) bond motifs is 1. The molecule has 0 spiro atoms. The van der Waals surface area contributed by atoms with E-state index in [0.717, 1.165) is 25.1 Å². The lowest BCUT2D eigenvalue weighted by molar-refractivity contribution is -0.116. The van der Waals surface area contributed by atoms with Gasteiger partial charge in [0.2, 0.25) is 5.91 Å². The third-order valence-electron chi connectivity index (χ3n) is 4.11. The SMILES string of the molecule is O=C(CSc1ccc(Cl)cc1)N(Cc1cccnc1)c1nc2ccc(Br)cc2s1. The molecule has 146 valence electrons. The van der Waals surface area contributed by atoms with Crippen LogP contribution < -0.4 is 4.90 Å². The summed E-state index contributed by atoms with van der Waals surface area (Å²) in [4.78, 5) is 24.7. The van der Waals surface area contributed by atoms with Gasteiger partial charge in [-0.3, -0.25) is 14.7 Å². The monoisotopic (exact) mass is 503 g/mol. The molecule has 4 nitrogen and oxygen atoms in total. The summed E-state index contributed by atoms with van der Waals surface area (Å²) in [5.41, 5.74) is 1.83. The fraction of sp³-hybridized carbons (Fsp3) is 0.0952. The molecular weight excluding hydrogens is 490 g/mol. The lowest BCUT2D eigenvalue weighted by Gasteiger charge is -2.19. The average molecular weight is 505 g/mol. The first-order valence-corrected chi connectivity index (χ1v) is 11.7. The predicted molar refractivity (Wildman–Crippen MR) is 125 cm³/mol. The van der Waals surface area contributed by atoms with Gasteiger partial charge in [0, 0.05) is 26.8 Å². The Hall–Kier alpha value is -1.93. The Morgan fingerprint density at radius 1 is 1.17 bits per heavy atom. The van der Waals surface area contributed by atoms with E-state index < -0.39 is 0 Å². The summed E-state index contributed by atoms with van der Waals surface area (Å²) in [5.74, 6) is 0.300. The van der Waals surface area contributed by atoms with Gasteiger partial charge in [0.25, 0.3) is 0 Å². The van der Waals surface area contributed by atoms with Crippen LogP contribution in [0.1, 0.15) is 5.56 Å². The van der Waals surface area contributed by atoms with Crippen molar-refractivity contribution in [1.82, 2.24) is 9.97 Å². The molecular formula is C21H15BrClN3OS2. The topological polar surface area (TPSA) is 46.1 Å². The predicted octanol–water partition coefficient (Wildman–Crippen LogP) is 6.43. The number of carbonyl (C=O) groups is 1. The Labute approximate surface area is 190 Å². The lowest BCUT2D eigenvalue weighted by atomic mass is 10.2. The van der Waals surface area contributed by atoms with Crippen LogP contribution in [0.25, 0.3) is 10.2 Å². The van der Waals surface area contributed by atoms with Gasteiger partial charge in [-0.2, -0.15) is 0 Å². The largest absolute Gasteiger partial charge is 0.283 e. The smallest absolute Gasteiger partial charge is 0.239 e. The van der Waals surface area contributed by atoms with Gasteiger partial charge < -0.3 is 0 Å². The molecule has 8 heteroatoms. The van der Waals surface area contributed by atoms with Crippen LogP contribution >= 0.6 is 50.6 Å². The van der Waals surface area contributed by atoms with Crippen molar-refractivity contribution in [3.05, 3.63) is 82.0 Å². The zero-order chi connectivity index (χ0) is 20.2. The van der Waals surface area contributed by atoms with Crippen LogP contribution in [0.4, 0.5) is 5.13 Å². The molecule has 0 atom stereocenters. The third-order valence-corrected chi connectivity index (χ3v) is 6.89.